The Morgan fingerprint density at radius 1 is 0.833 bits per heavy atom. The third-order valence-electron chi connectivity index (χ3n) is 7.52. The second-order valence-electron chi connectivity index (χ2n) is 10.4. The van der Waals surface area contributed by atoms with E-state index in [0.717, 1.165) is 30.6 Å². The molecular formula is C29H38O6Si. The zero-order chi connectivity index (χ0) is 25.0. The first-order chi connectivity index (χ1) is 17.5. The van der Waals surface area contributed by atoms with Crippen LogP contribution < -0.4 is 0 Å². The van der Waals surface area contributed by atoms with Gasteiger partial charge in [0.2, 0.25) is 0 Å². The number of benzene rings is 2. The van der Waals surface area contributed by atoms with E-state index < -0.39 is 20.7 Å². The van der Waals surface area contributed by atoms with Gasteiger partial charge in [-0.15, -0.1) is 0 Å². The first kappa shape index (κ1) is 25.8. The molecule has 0 aromatic heterocycles. The maximum atomic E-state index is 7.05. The Morgan fingerprint density at radius 2 is 1.44 bits per heavy atom. The van der Waals surface area contributed by atoms with Gasteiger partial charge in [0.05, 0.1) is 19.3 Å². The lowest BCUT2D eigenvalue weighted by atomic mass is 9.96. The molecule has 0 amide bonds. The third-order valence-corrected chi connectivity index (χ3v) is 10.8. The van der Waals surface area contributed by atoms with Gasteiger partial charge in [0, 0.05) is 19.3 Å². The summed E-state index contributed by atoms with van der Waals surface area (Å²) in [6.07, 6.45) is 4.52. The normalized spacial score (nSPS) is 33.7. The molecule has 36 heavy (non-hydrogen) atoms. The molecule has 6 nitrogen and oxygen atoms in total. The van der Waals surface area contributed by atoms with Crippen LogP contribution in [0.25, 0.3) is 0 Å². The Hall–Kier alpha value is -1.84. The first-order valence-corrected chi connectivity index (χ1v) is 16.0. The largest absolute Gasteiger partial charge is 0.408 e. The molecular weight excluding hydrogens is 472 g/mol. The fourth-order valence-electron chi connectivity index (χ4n) is 5.61. The minimum absolute atomic E-state index is 0.0710. The lowest BCUT2D eigenvalue weighted by molar-refractivity contribution is -0.299. The molecule has 3 aliphatic heterocycles. The Bertz CT molecular complexity index is 984. The number of methoxy groups -OCH3 is 1. The SMILES string of the molecule is CO[C@H]1O[C@@H]2C=C[C@H]3OCCC[C@@H]3[Si](C)(C)O[C@H]2[C@H](OCc2ccccc2)[C@H]1OCc1ccccc1. The smallest absolute Gasteiger partial charge is 0.193 e. The van der Waals surface area contributed by atoms with Gasteiger partial charge in [0.25, 0.3) is 0 Å². The van der Waals surface area contributed by atoms with E-state index >= 15 is 0 Å². The molecule has 2 fully saturated rings. The van der Waals surface area contributed by atoms with Gasteiger partial charge >= 0.3 is 0 Å². The van der Waals surface area contributed by atoms with E-state index in [2.05, 4.69) is 49.5 Å². The van der Waals surface area contributed by atoms with Gasteiger partial charge in [0.15, 0.2) is 14.6 Å². The van der Waals surface area contributed by atoms with Crippen molar-refractivity contribution < 1.29 is 28.1 Å². The summed E-state index contributed by atoms with van der Waals surface area (Å²) in [6, 6.07) is 20.4. The lowest BCUT2D eigenvalue weighted by Gasteiger charge is -2.50. The van der Waals surface area contributed by atoms with Crippen molar-refractivity contribution in [3.63, 3.8) is 0 Å². The van der Waals surface area contributed by atoms with Crippen molar-refractivity contribution in [1.29, 1.82) is 0 Å². The number of hydrogen-bond donors (Lipinski definition) is 0. The highest BCUT2D eigenvalue weighted by Gasteiger charge is 2.52. The summed E-state index contributed by atoms with van der Waals surface area (Å²) in [5.74, 6) is 0. The van der Waals surface area contributed by atoms with Crippen molar-refractivity contribution in [2.45, 2.75) is 81.5 Å². The standard InChI is InChI=1S/C29H38O6Si/c1-30-29-28(33-20-22-13-8-5-9-14-22)27(32-19-21-11-6-4-7-12-21)26-24(34-29)17-16-23-25(15-10-18-31-23)36(2,3)35-26/h4-9,11-14,16-17,23-29H,10,15,18-20H2,1-3H3/t23-,24-,25+,26-,27+,28-,29+/m1/s1. The van der Waals surface area contributed by atoms with E-state index in [1.165, 1.54) is 0 Å². The quantitative estimate of drug-likeness (QED) is 0.375. The molecule has 2 aromatic carbocycles. The molecule has 3 aliphatic rings. The van der Waals surface area contributed by atoms with Gasteiger partial charge in [-0.2, -0.15) is 0 Å². The van der Waals surface area contributed by atoms with Crippen LogP contribution in [0.1, 0.15) is 24.0 Å². The monoisotopic (exact) mass is 510 g/mol. The van der Waals surface area contributed by atoms with Gasteiger partial charge in [-0.3, -0.25) is 0 Å². The maximum Gasteiger partial charge on any atom is 0.193 e. The van der Waals surface area contributed by atoms with E-state index in [9.17, 15) is 0 Å². The van der Waals surface area contributed by atoms with Crippen molar-refractivity contribution in [2.24, 2.45) is 0 Å². The van der Waals surface area contributed by atoms with Crippen LogP contribution in [-0.2, 0) is 41.3 Å². The molecule has 2 saturated heterocycles. The molecule has 0 saturated carbocycles. The summed E-state index contributed by atoms with van der Waals surface area (Å²) in [6.45, 7) is 6.29. The number of hydrogen-bond acceptors (Lipinski definition) is 6. The highest BCUT2D eigenvalue weighted by atomic mass is 28.4. The number of rotatable bonds is 7. The van der Waals surface area contributed by atoms with Crippen LogP contribution in [0, 0.1) is 0 Å². The molecule has 7 atom stereocenters. The predicted octanol–water partition coefficient (Wildman–Crippen LogP) is 5.24. The summed E-state index contributed by atoms with van der Waals surface area (Å²) in [5, 5.41) is 0. The molecule has 194 valence electrons. The summed E-state index contributed by atoms with van der Waals surface area (Å²) in [7, 11) is -0.518. The molecule has 0 radical (unpaired) electrons. The Morgan fingerprint density at radius 3 is 2.08 bits per heavy atom. The molecule has 7 heteroatoms. The topological polar surface area (TPSA) is 55.4 Å². The average molecular weight is 511 g/mol. The van der Waals surface area contributed by atoms with E-state index in [0.29, 0.717) is 18.8 Å². The molecule has 2 aromatic rings. The molecule has 0 unspecified atom stereocenters. The van der Waals surface area contributed by atoms with Crippen LogP contribution in [0.15, 0.2) is 72.8 Å². The van der Waals surface area contributed by atoms with Gasteiger partial charge in [0.1, 0.15) is 24.4 Å². The van der Waals surface area contributed by atoms with Crippen LogP contribution in [0.3, 0.4) is 0 Å². The van der Waals surface area contributed by atoms with Gasteiger partial charge in [-0.1, -0.05) is 72.8 Å². The summed E-state index contributed by atoms with van der Waals surface area (Å²) in [5.41, 5.74) is 2.59. The van der Waals surface area contributed by atoms with E-state index in [4.69, 9.17) is 28.1 Å². The Labute approximate surface area is 215 Å². The van der Waals surface area contributed by atoms with Crippen LogP contribution in [0.2, 0.25) is 18.6 Å². The fourth-order valence-corrected chi connectivity index (χ4v) is 8.65. The van der Waals surface area contributed by atoms with Crippen LogP contribution in [0.5, 0.6) is 0 Å². The van der Waals surface area contributed by atoms with Crippen molar-refractivity contribution in [3.8, 4) is 0 Å². The molecule has 0 spiro atoms. The Balaban J connectivity index is 1.45. The van der Waals surface area contributed by atoms with Crippen molar-refractivity contribution >= 4 is 8.32 Å². The van der Waals surface area contributed by atoms with Gasteiger partial charge < -0.3 is 28.1 Å². The minimum atomic E-state index is -2.17. The van der Waals surface area contributed by atoms with E-state index in [1.54, 1.807) is 7.11 Å². The predicted molar refractivity (Wildman–Crippen MR) is 140 cm³/mol. The van der Waals surface area contributed by atoms with Crippen LogP contribution in [-0.4, -0.2) is 58.8 Å². The number of ether oxygens (including phenoxy) is 5. The zero-order valence-corrected chi connectivity index (χ0v) is 22.5. The van der Waals surface area contributed by atoms with Crippen molar-refractivity contribution in [2.75, 3.05) is 13.7 Å². The molecule has 5 rings (SSSR count). The van der Waals surface area contributed by atoms with E-state index in [-0.39, 0.29) is 24.4 Å². The van der Waals surface area contributed by atoms with Gasteiger partial charge in [-0.25, -0.2) is 0 Å². The molecule has 0 aliphatic carbocycles. The Kier molecular flexibility index (Phi) is 8.38. The maximum absolute atomic E-state index is 7.05. The third kappa shape index (κ3) is 5.83. The second-order valence-corrected chi connectivity index (χ2v) is 14.6. The second kappa shape index (κ2) is 11.7. The van der Waals surface area contributed by atoms with Crippen LogP contribution in [0.4, 0.5) is 0 Å². The zero-order valence-electron chi connectivity index (χ0n) is 21.5. The molecule has 0 N–H and O–H groups in total. The lowest BCUT2D eigenvalue weighted by Crippen LogP contribution is -2.63. The minimum Gasteiger partial charge on any atom is -0.408 e. The van der Waals surface area contributed by atoms with Crippen molar-refractivity contribution in [1.82, 2.24) is 0 Å². The number of fused-ring (bicyclic) bond motifs is 2. The fraction of sp³-hybridized carbons (Fsp3) is 0.517. The highest BCUT2D eigenvalue weighted by Crippen LogP contribution is 2.42. The molecule has 3 heterocycles. The van der Waals surface area contributed by atoms with Crippen molar-refractivity contribution in [3.05, 3.63) is 83.9 Å². The van der Waals surface area contributed by atoms with Crippen LogP contribution >= 0.6 is 0 Å². The summed E-state index contributed by atoms with van der Waals surface area (Å²) < 4.78 is 38.6. The average Bonchev–Trinajstić information content (AvgIpc) is 2.91. The molecule has 0 bridgehead atoms. The van der Waals surface area contributed by atoms with Gasteiger partial charge in [-0.05, 0) is 37.1 Å². The summed E-state index contributed by atoms with van der Waals surface area (Å²) >= 11 is 0. The summed E-state index contributed by atoms with van der Waals surface area (Å²) in [4.78, 5) is 0. The highest BCUT2D eigenvalue weighted by molar-refractivity contribution is 6.73. The van der Waals surface area contributed by atoms with E-state index in [1.807, 2.05) is 36.4 Å². The first-order valence-electron chi connectivity index (χ1n) is 13.0.